The van der Waals surface area contributed by atoms with Crippen LogP contribution in [0.25, 0.3) is 0 Å². The van der Waals surface area contributed by atoms with E-state index in [1.807, 2.05) is 12.1 Å². The lowest BCUT2D eigenvalue weighted by Crippen LogP contribution is -2.36. The number of morpholine rings is 1. The van der Waals surface area contributed by atoms with Gasteiger partial charge in [-0.3, -0.25) is 0 Å². The Bertz CT molecular complexity index is 901. The zero-order valence-corrected chi connectivity index (χ0v) is 16.9. The van der Waals surface area contributed by atoms with Crippen molar-refractivity contribution in [2.45, 2.75) is 20.1 Å². The Balaban J connectivity index is 1.35. The molecule has 1 heterocycles. The van der Waals surface area contributed by atoms with Crippen LogP contribution in [-0.4, -0.2) is 26.3 Å². The molecule has 4 rings (SSSR count). The molecule has 0 aliphatic carbocycles. The topological polar surface area (TPSA) is 33.7 Å². The summed E-state index contributed by atoms with van der Waals surface area (Å²) in [4.78, 5) is 2.36. The lowest BCUT2D eigenvalue weighted by Gasteiger charge is -2.29. The highest BCUT2D eigenvalue weighted by Gasteiger charge is 2.11. The van der Waals surface area contributed by atoms with Crippen molar-refractivity contribution in [2.75, 3.05) is 36.5 Å². The normalized spacial score (nSPS) is 13.9. The highest BCUT2D eigenvalue weighted by Crippen LogP contribution is 2.23. The molecule has 0 radical (unpaired) electrons. The molecule has 1 aliphatic rings. The molecule has 0 unspecified atom stereocenters. The van der Waals surface area contributed by atoms with Gasteiger partial charge in [0.1, 0.15) is 12.4 Å². The van der Waals surface area contributed by atoms with Crippen LogP contribution in [0.5, 0.6) is 5.75 Å². The molecular weight excluding hydrogens is 360 g/mol. The summed E-state index contributed by atoms with van der Waals surface area (Å²) in [5, 5.41) is 3.51. The molecule has 4 heteroatoms. The molecule has 0 bridgehead atoms. The minimum absolute atomic E-state index is 0.575. The predicted molar refractivity (Wildman–Crippen MR) is 119 cm³/mol. The van der Waals surface area contributed by atoms with Crippen LogP contribution < -0.4 is 15.0 Å². The molecule has 0 spiro atoms. The van der Waals surface area contributed by atoms with Crippen molar-refractivity contribution < 1.29 is 9.47 Å². The maximum atomic E-state index is 6.09. The van der Waals surface area contributed by atoms with E-state index in [2.05, 4.69) is 77.8 Å². The maximum Gasteiger partial charge on any atom is 0.124 e. The molecule has 29 heavy (non-hydrogen) atoms. The highest BCUT2D eigenvalue weighted by molar-refractivity contribution is 5.55. The smallest absolute Gasteiger partial charge is 0.124 e. The fraction of sp³-hybridized carbons (Fsp3) is 0.280. The lowest BCUT2D eigenvalue weighted by atomic mass is 10.1. The largest absolute Gasteiger partial charge is 0.489 e. The first kappa shape index (κ1) is 19.3. The summed E-state index contributed by atoms with van der Waals surface area (Å²) < 4.78 is 11.5. The Kier molecular flexibility index (Phi) is 6.32. The zero-order chi connectivity index (χ0) is 19.9. The minimum Gasteiger partial charge on any atom is -0.489 e. The molecule has 0 saturated carbocycles. The molecule has 1 N–H and O–H groups in total. The van der Waals surface area contributed by atoms with Gasteiger partial charge in [0.15, 0.2) is 0 Å². The van der Waals surface area contributed by atoms with E-state index >= 15 is 0 Å². The SMILES string of the molecule is Cc1ccc(COc2ccccc2CNc2ccc(N3CCOCC3)cc2)cc1. The number of anilines is 2. The van der Waals surface area contributed by atoms with Crippen molar-refractivity contribution in [3.63, 3.8) is 0 Å². The average molecular weight is 389 g/mol. The van der Waals surface area contributed by atoms with Gasteiger partial charge in [-0.05, 0) is 42.8 Å². The first-order chi connectivity index (χ1) is 14.3. The zero-order valence-electron chi connectivity index (χ0n) is 16.9. The van der Waals surface area contributed by atoms with E-state index < -0.39 is 0 Å². The van der Waals surface area contributed by atoms with E-state index in [4.69, 9.17) is 9.47 Å². The monoisotopic (exact) mass is 388 g/mol. The molecule has 0 amide bonds. The van der Waals surface area contributed by atoms with Crippen LogP contribution in [0.4, 0.5) is 11.4 Å². The summed E-state index contributed by atoms with van der Waals surface area (Å²) in [7, 11) is 0. The molecule has 1 fully saturated rings. The van der Waals surface area contributed by atoms with Gasteiger partial charge in [0, 0.05) is 36.6 Å². The number of hydrogen-bond donors (Lipinski definition) is 1. The van der Waals surface area contributed by atoms with Crippen LogP contribution in [-0.2, 0) is 17.9 Å². The van der Waals surface area contributed by atoms with Gasteiger partial charge < -0.3 is 19.7 Å². The molecule has 3 aromatic rings. The van der Waals surface area contributed by atoms with Crippen LogP contribution in [0.1, 0.15) is 16.7 Å². The van der Waals surface area contributed by atoms with Gasteiger partial charge in [-0.25, -0.2) is 0 Å². The number of benzene rings is 3. The van der Waals surface area contributed by atoms with Crippen molar-refractivity contribution in [2.24, 2.45) is 0 Å². The van der Waals surface area contributed by atoms with Crippen molar-refractivity contribution in [1.82, 2.24) is 0 Å². The van der Waals surface area contributed by atoms with Crippen LogP contribution in [0.2, 0.25) is 0 Å². The van der Waals surface area contributed by atoms with Crippen molar-refractivity contribution >= 4 is 11.4 Å². The Morgan fingerprint density at radius 1 is 0.897 bits per heavy atom. The fourth-order valence-electron chi connectivity index (χ4n) is 3.45. The molecule has 4 nitrogen and oxygen atoms in total. The minimum atomic E-state index is 0.575. The number of ether oxygens (including phenoxy) is 2. The second-order valence-electron chi connectivity index (χ2n) is 7.38. The second kappa shape index (κ2) is 9.48. The van der Waals surface area contributed by atoms with Gasteiger partial charge in [0.25, 0.3) is 0 Å². The number of para-hydroxylation sites is 1. The predicted octanol–water partition coefficient (Wildman–Crippen LogP) is 5.02. The third kappa shape index (κ3) is 5.30. The number of aryl methyl sites for hydroxylation is 1. The number of nitrogens with zero attached hydrogens (tertiary/aromatic N) is 1. The van der Waals surface area contributed by atoms with Gasteiger partial charge in [0.05, 0.1) is 13.2 Å². The van der Waals surface area contributed by atoms with Crippen LogP contribution in [0.3, 0.4) is 0 Å². The van der Waals surface area contributed by atoms with Crippen LogP contribution in [0, 0.1) is 6.92 Å². The summed E-state index contributed by atoms with van der Waals surface area (Å²) in [5.41, 5.74) is 5.95. The standard InChI is InChI=1S/C25H28N2O2/c1-20-6-8-21(9-7-20)19-29-25-5-3-2-4-22(25)18-26-23-10-12-24(13-11-23)27-14-16-28-17-15-27/h2-13,26H,14-19H2,1H3. The number of hydrogen-bond acceptors (Lipinski definition) is 4. The molecular formula is C25H28N2O2. The average Bonchev–Trinajstić information content (AvgIpc) is 2.79. The molecule has 0 atom stereocenters. The molecule has 0 aromatic heterocycles. The Morgan fingerprint density at radius 2 is 1.62 bits per heavy atom. The van der Waals surface area contributed by atoms with E-state index in [9.17, 15) is 0 Å². The Morgan fingerprint density at radius 3 is 2.38 bits per heavy atom. The summed E-state index contributed by atoms with van der Waals surface area (Å²) in [6.07, 6.45) is 0. The van der Waals surface area contributed by atoms with E-state index in [0.29, 0.717) is 6.61 Å². The van der Waals surface area contributed by atoms with E-state index in [-0.39, 0.29) is 0 Å². The molecule has 3 aromatic carbocycles. The van der Waals surface area contributed by atoms with Gasteiger partial charge >= 0.3 is 0 Å². The highest BCUT2D eigenvalue weighted by atomic mass is 16.5. The molecule has 1 aliphatic heterocycles. The van der Waals surface area contributed by atoms with E-state index in [1.54, 1.807) is 0 Å². The lowest BCUT2D eigenvalue weighted by molar-refractivity contribution is 0.122. The molecule has 150 valence electrons. The third-order valence-electron chi connectivity index (χ3n) is 5.21. The number of nitrogens with one attached hydrogen (secondary N) is 1. The van der Waals surface area contributed by atoms with Crippen molar-refractivity contribution in [1.29, 1.82) is 0 Å². The van der Waals surface area contributed by atoms with Crippen molar-refractivity contribution in [3.05, 3.63) is 89.5 Å². The molecule has 1 saturated heterocycles. The quantitative estimate of drug-likeness (QED) is 0.616. The van der Waals surface area contributed by atoms with Crippen LogP contribution in [0.15, 0.2) is 72.8 Å². The fourth-order valence-corrected chi connectivity index (χ4v) is 3.45. The second-order valence-corrected chi connectivity index (χ2v) is 7.38. The first-order valence-electron chi connectivity index (χ1n) is 10.2. The van der Waals surface area contributed by atoms with E-state index in [0.717, 1.165) is 49.8 Å². The van der Waals surface area contributed by atoms with Crippen LogP contribution >= 0.6 is 0 Å². The van der Waals surface area contributed by atoms with Gasteiger partial charge in [0.2, 0.25) is 0 Å². The first-order valence-corrected chi connectivity index (χ1v) is 10.2. The van der Waals surface area contributed by atoms with Gasteiger partial charge in [-0.1, -0.05) is 48.0 Å². The number of rotatable bonds is 7. The maximum absolute atomic E-state index is 6.09. The summed E-state index contributed by atoms with van der Waals surface area (Å²) >= 11 is 0. The Hall–Kier alpha value is -2.98. The Labute approximate surface area is 173 Å². The van der Waals surface area contributed by atoms with Gasteiger partial charge in [-0.2, -0.15) is 0 Å². The summed E-state index contributed by atoms with van der Waals surface area (Å²) in [6.45, 7) is 6.92. The van der Waals surface area contributed by atoms with Gasteiger partial charge in [-0.15, -0.1) is 0 Å². The van der Waals surface area contributed by atoms with E-state index in [1.165, 1.54) is 16.8 Å². The summed E-state index contributed by atoms with van der Waals surface area (Å²) in [5.74, 6) is 0.922. The summed E-state index contributed by atoms with van der Waals surface area (Å²) in [6, 6.07) is 25.3. The van der Waals surface area contributed by atoms with Crippen molar-refractivity contribution in [3.8, 4) is 5.75 Å². The third-order valence-corrected chi connectivity index (χ3v) is 5.21.